The van der Waals surface area contributed by atoms with Gasteiger partial charge in [0.05, 0.1) is 0 Å². The molecule has 2 aromatic rings. The van der Waals surface area contributed by atoms with Gasteiger partial charge < -0.3 is 14.7 Å². The summed E-state index contributed by atoms with van der Waals surface area (Å²) < 4.78 is 0. The van der Waals surface area contributed by atoms with E-state index in [9.17, 15) is 4.79 Å². The van der Waals surface area contributed by atoms with E-state index in [1.165, 1.54) is 16.7 Å². The molecule has 2 heterocycles. The van der Waals surface area contributed by atoms with Gasteiger partial charge in [-0.05, 0) is 32.3 Å². The SMILES string of the molecule is CCc1nc(C)nc(N2CCCN(C(=O)N(C)C)CC2)c1Cc1ccc(C)cc1. The summed E-state index contributed by atoms with van der Waals surface area (Å²) in [5, 5.41) is 0. The van der Waals surface area contributed by atoms with E-state index in [-0.39, 0.29) is 6.03 Å². The zero-order valence-electron chi connectivity index (χ0n) is 18.4. The Kier molecular flexibility index (Phi) is 6.72. The zero-order chi connectivity index (χ0) is 21.0. The monoisotopic (exact) mass is 395 g/mol. The molecule has 0 saturated carbocycles. The van der Waals surface area contributed by atoms with Gasteiger partial charge in [0.25, 0.3) is 0 Å². The lowest BCUT2D eigenvalue weighted by atomic mass is 10.0. The van der Waals surface area contributed by atoms with E-state index < -0.39 is 0 Å². The lowest BCUT2D eigenvalue weighted by Crippen LogP contribution is -2.41. The summed E-state index contributed by atoms with van der Waals surface area (Å²) in [5.41, 5.74) is 4.88. The number of aryl methyl sites for hydroxylation is 3. The fraction of sp³-hybridized carbons (Fsp3) is 0.522. The topological polar surface area (TPSA) is 52.6 Å². The van der Waals surface area contributed by atoms with Crippen LogP contribution in [0.25, 0.3) is 0 Å². The van der Waals surface area contributed by atoms with E-state index in [2.05, 4.69) is 43.0 Å². The van der Waals surface area contributed by atoms with Crippen molar-refractivity contribution in [3.63, 3.8) is 0 Å². The van der Waals surface area contributed by atoms with E-state index in [1.54, 1.807) is 4.90 Å². The number of anilines is 1. The first-order valence-corrected chi connectivity index (χ1v) is 10.5. The molecule has 2 amide bonds. The summed E-state index contributed by atoms with van der Waals surface area (Å²) in [6.45, 7) is 9.43. The Hall–Kier alpha value is -2.63. The van der Waals surface area contributed by atoms with Crippen LogP contribution in [-0.4, -0.2) is 66.1 Å². The molecule has 1 aromatic carbocycles. The predicted molar refractivity (Wildman–Crippen MR) is 118 cm³/mol. The van der Waals surface area contributed by atoms with Crippen LogP contribution < -0.4 is 4.90 Å². The molecule has 0 unspecified atom stereocenters. The van der Waals surface area contributed by atoms with Crippen LogP contribution >= 0.6 is 0 Å². The van der Waals surface area contributed by atoms with E-state index in [1.807, 2.05) is 25.9 Å². The van der Waals surface area contributed by atoms with E-state index in [0.29, 0.717) is 6.54 Å². The Labute approximate surface area is 174 Å². The van der Waals surface area contributed by atoms with Crippen molar-refractivity contribution in [1.29, 1.82) is 0 Å². The highest BCUT2D eigenvalue weighted by molar-refractivity contribution is 5.74. The number of carbonyl (C=O) groups is 1. The average molecular weight is 396 g/mol. The van der Waals surface area contributed by atoms with Crippen LogP contribution in [0, 0.1) is 13.8 Å². The van der Waals surface area contributed by atoms with Crippen LogP contribution in [0.3, 0.4) is 0 Å². The minimum Gasteiger partial charge on any atom is -0.354 e. The van der Waals surface area contributed by atoms with Gasteiger partial charge in [0.15, 0.2) is 0 Å². The predicted octanol–water partition coefficient (Wildman–Crippen LogP) is 3.44. The largest absolute Gasteiger partial charge is 0.354 e. The number of urea groups is 1. The van der Waals surface area contributed by atoms with Crippen molar-refractivity contribution in [2.75, 3.05) is 45.2 Å². The third-order valence-electron chi connectivity index (χ3n) is 5.47. The molecular formula is C23H33N5O. The minimum absolute atomic E-state index is 0.0832. The van der Waals surface area contributed by atoms with Gasteiger partial charge in [0.1, 0.15) is 11.6 Å². The normalized spacial score (nSPS) is 14.7. The second kappa shape index (κ2) is 9.25. The third-order valence-corrected chi connectivity index (χ3v) is 5.47. The molecule has 6 nitrogen and oxygen atoms in total. The van der Waals surface area contributed by atoms with Crippen LogP contribution in [0.1, 0.15) is 41.6 Å². The zero-order valence-corrected chi connectivity index (χ0v) is 18.4. The van der Waals surface area contributed by atoms with Gasteiger partial charge in [-0.2, -0.15) is 0 Å². The van der Waals surface area contributed by atoms with Gasteiger partial charge in [0, 0.05) is 58.0 Å². The second-order valence-electron chi connectivity index (χ2n) is 8.04. The van der Waals surface area contributed by atoms with Crippen molar-refractivity contribution in [2.45, 2.75) is 40.0 Å². The number of hydrogen-bond donors (Lipinski definition) is 0. The summed E-state index contributed by atoms with van der Waals surface area (Å²) in [5.74, 6) is 1.85. The van der Waals surface area contributed by atoms with Crippen LogP contribution in [0.5, 0.6) is 0 Å². The Morgan fingerprint density at radius 3 is 2.41 bits per heavy atom. The highest BCUT2D eigenvalue weighted by atomic mass is 16.2. The molecular weight excluding hydrogens is 362 g/mol. The highest BCUT2D eigenvalue weighted by Crippen LogP contribution is 2.26. The molecule has 0 radical (unpaired) electrons. The molecule has 1 fully saturated rings. The molecule has 29 heavy (non-hydrogen) atoms. The number of amides is 2. The molecule has 1 saturated heterocycles. The van der Waals surface area contributed by atoms with Gasteiger partial charge in [-0.3, -0.25) is 0 Å². The number of benzene rings is 1. The second-order valence-corrected chi connectivity index (χ2v) is 8.04. The molecule has 1 aromatic heterocycles. The lowest BCUT2D eigenvalue weighted by Gasteiger charge is -2.27. The van der Waals surface area contributed by atoms with Crippen molar-refractivity contribution in [1.82, 2.24) is 19.8 Å². The van der Waals surface area contributed by atoms with Crippen LogP contribution in [0.2, 0.25) is 0 Å². The number of carbonyl (C=O) groups excluding carboxylic acids is 1. The van der Waals surface area contributed by atoms with Crippen molar-refractivity contribution in [2.24, 2.45) is 0 Å². The first-order chi connectivity index (χ1) is 13.9. The Balaban J connectivity index is 1.90. The van der Waals surface area contributed by atoms with Crippen LogP contribution in [0.15, 0.2) is 24.3 Å². The number of nitrogens with zero attached hydrogens (tertiary/aromatic N) is 5. The lowest BCUT2D eigenvalue weighted by molar-refractivity contribution is 0.174. The highest BCUT2D eigenvalue weighted by Gasteiger charge is 2.24. The van der Waals surface area contributed by atoms with E-state index >= 15 is 0 Å². The van der Waals surface area contributed by atoms with Gasteiger partial charge in [-0.25, -0.2) is 14.8 Å². The molecule has 1 aliphatic heterocycles. The first kappa shape index (κ1) is 21.1. The Bertz CT molecular complexity index is 847. The van der Waals surface area contributed by atoms with E-state index in [0.717, 1.165) is 56.2 Å². The number of aromatic nitrogens is 2. The van der Waals surface area contributed by atoms with Gasteiger partial charge >= 0.3 is 6.03 Å². The summed E-state index contributed by atoms with van der Waals surface area (Å²) in [4.78, 5) is 27.9. The molecule has 6 heteroatoms. The maximum atomic E-state index is 12.4. The molecule has 3 rings (SSSR count). The number of rotatable bonds is 4. The molecule has 0 aliphatic carbocycles. The minimum atomic E-state index is 0.0832. The summed E-state index contributed by atoms with van der Waals surface area (Å²) in [6.07, 6.45) is 2.65. The third kappa shape index (κ3) is 5.05. The molecule has 0 N–H and O–H groups in total. The first-order valence-electron chi connectivity index (χ1n) is 10.5. The van der Waals surface area contributed by atoms with Crippen molar-refractivity contribution in [3.05, 3.63) is 52.5 Å². The van der Waals surface area contributed by atoms with Crippen LogP contribution in [-0.2, 0) is 12.8 Å². The average Bonchev–Trinajstić information content (AvgIpc) is 2.96. The van der Waals surface area contributed by atoms with Gasteiger partial charge in [-0.1, -0.05) is 36.8 Å². The molecule has 0 atom stereocenters. The van der Waals surface area contributed by atoms with Crippen molar-refractivity contribution >= 4 is 11.8 Å². The fourth-order valence-corrected chi connectivity index (χ4v) is 3.89. The van der Waals surface area contributed by atoms with Crippen LogP contribution in [0.4, 0.5) is 10.6 Å². The quantitative estimate of drug-likeness (QED) is 0.796. The van der Waals surface area contributed by atoms with E-state index in [4.69, 9.17) is 9.97 Å². The van der Waals surface area contributed by atoms with Crippen molar-refractivity contribution < 1.29 is 4.79 Å². The van der Waals surface area contributed by atoms with Gasteiger partial charge in [-0.15, -0.1) is 0 Å². The molecule has 1 aliphatic rings. The molecule has 0 bridgehead atoms. The Morgan fingerprint density at radius 2 is 1.76 bits per heavy atom. The summed E-state index contributed by atoms with van der Waals surface area (Å²) in [6, 6.07) is 8.79. The molecule has 156 valence electrons. The molecule has 0 spiro atoms. The Morgan fingerprint density at radius 1 is 1.03 bits per heavy atom. The number of hydrogen-bond acceptors (Lipinski definition) is 4. The summed E-state index contributed by atoms with van der Waals surface area (Å²) >= 11 is 0. The maximum Gasteiger partial charge on any atom is 0.319 e. The smallest absolute Gasteiger partial charge is 0.319 e. The maximum absolute atomic E-state index is 12.4. The van der Waals surface area contributed by atoms with Gasteiger partial charge in [0.2, 0.25) is 0 Å². The summed E-state index contributed by atoms with van der Waals surface area (Å²) in [7, 11) is 3.62. The van der Waals surface area contributed by atoms with Crippen molar-refractivity contribution in [3.8, 4) is 0 Å². The standard InChI is InChI=1S/C23H33N5O/c1-6-21-20(16-19-10-8-17(2)9-11-19)22(25-18(3)24-21)27-12-7-13-28(15-14-27)23(29)26(4)5/h8-11H,6-7,12-16H2,1-5H3. The fourth-order valence-electron chi connectivity index (χ4n) is 3.89.